The van der Waals surface area contributed by atoms with E-state index >= 15 is 0 Å². The highest BCUT2D eigenvalue weighted by molar-refractivity contribution is 9.10. The molecule has 0 amide bonds. The third kappa shape index (κ3) is 6.01. The molecule has 0 unspecified atom stereocenters. The third-order valence-electron chi connectivity index (χ3n) is 4.95. The quantitative estimate of drug-likeness (QED) is 0.309. The number of carbonyl (C=O) groups excluding carboxylic acids is 1. The monoisotopic (exact) mass is 553 g/mol. The van der Waals surface area contributed by atoms with E-state index in [0.29, 0.717) is 31.4 Å². The lowest BCUT2D eigenvalue weighted by Gasteiger charge is -2.10. The first-order chi connectivity index (χ1) is 17.0. The van der Waals surface area contributed by atoms with E-state index in [0.717, 1.165) is 5.56 Å². The number of para-hydroxylation sites is 1. The van der Waals surface area contributed by atoms with Crippen LogP contribution < -0.4 is 4.74 Å². The van der Waals surface area contributed by atoms with E-state index in [1.54, 1.807) is 43.3 Å². The standard InChI is InChI=1S/C27H21BrFNO4S/c1-2-33-27(32)24-25(31)23(35-26(24)30-19-9-4-3-5-10-19)15-17-12-13-22(20(28)14-17)34-16-18-8-6-7-11-21(18)29/h3-15,31H,2,16H2,1H3/b23-15-,30-26?. The summed E-state index contributed by atoms with van der Waals surface area (Å²) in [5.41, 5.74) is 1.91. The van der Waals surface area contributed by atoms with E-state index < -0.39 is 5.97 Å². The van der Waals surface area contributed by atoms with E-state index in [9.17, 15) is 14.3 Å². The van der Waals surface area contributed by atoms with Crippen molar-refractivity contribution in [2.45, 2.75) is 13.5 Å². The number of esters is 1. The van der Waals surface area contributed by atoms with Gasteiger partial charge in [-0.05, 0) is 64.8 Å². The molecule has 3 aromatic rings. The molecule has 5 nitrogen and oxygen atoms in total. The van der Waals surface area contributed by atoms with Gasteiger partial charge in [0.1, 0.15) is 34.5 Å². The van der Waals surface area contributed by atoms with Gasteiger partial charge in [0.05, 0.1) is 21.7 Å². The lowest BCUT2D eigenvalue weighted by atomic mass is 10.1. The van der Waals surface area contributed by atoms with Gasteiger partial charge in [0.25, 0.3) is 0 Å². The van der Waals surface area contributed by atoms with Crippen LogP contribution in [0.2, 0.25) is 0 Å². The molecule has 0 radical (unpaired) electrons. The molecule has 1 N–H and O–H groups in total. The number of aliphatic hydroxyl groups is 1. The van der Waals surface area contributed by atoms with Crippen LogP contribution in [0, 0.1) is 5.82 Å². The lowest BCUT2D eigenvalue weighted by molar-refractivity contribution is -0.138. The minimum absolute atomic E-state index is 0.0378. The fraction of sp³-hybridized carbons (Fsp3) is 0.111. The molecule has 0 saturated heterocycles. The minimum atomic E-state index is -0.631. The molecule has 0 atom stereocenters. The van der Waals surface area contributed by atoms with Crippen LogP contribution in [0.1, 0.15) is 18.1 Å². The molecule has 35 heavy (non-hydrogen) atoms. The number of halogens is 2. The Morgan fingerprint density at radius 2 is 1.86 bits per heavy atom. The van der Waals surface area contributed by atoms with Crippen molar-refractivity contribution in [1.29, 1.82) is 0 Å². The summed E-state index contributed by atoms with van der Waals surface area (Å²) in [7, 11) is 0. The maximum atomic E-state index is 13.9. The SMILES string of the molecule is CCOC(=O)C1=C(O)/C(=C/c2ccc(OCc3ccccc3F)c(Br)c2)SC1=Nc1ccccc1. The Labute approximate surface area is 215 Å². The number of aliphatic hydroxyl groups excluding tert-OH is 1. The van der Waals surface area contributed by atoms with Crippen LogP contribution in [-0.4, -0.2) is 22.7 Å². The maximum Gasteiger partial charge on any atom is 0.344 e. The normalized spacial score (nSPS) is 15.6. The summed E-state index contributed by atoms with van der Waals surface area (Å²) >= 11 is 4.68. The van der Waals surface area contributed by atoms with Crippen LogP contribution in [0.15, 0.2) is 98.5 Å². The summed E-state index contributed by atoms with van der Waals surface area (Å²) in [4.78, 5) is 17.6. The Hall–Kier alpha value is -3.36. The molecular formula is C27H21BrFNO4S. The van der Waals surface area contributed by atoms with Crippen molar-refractivity contribution in [3.63, 3.8) is 0 Å². The number of rotatable bonds is 7. The van der Waals surface area contributed by atoms with Crippen LogP contribution in [0.25, 0.3) is 6.08 Å². The first kappa shape index (κ1) is 24.8. The van der Waals surface area contributed by atoms with Crippen LogP contribution in [0.5, 0.6) is 5.75 Å². The summed E-state index contributed by atoms with van der Waals surface area (Å²) in [6.45, 7) is 1.97. The van der Waals surface area contributed by atoms with Gasteiger partial charge in [-0.1, -0.05) is 54.2 Å². The Morgan fingerprint density at radius 1 is 1.11 bits per heavy atom. The smallest absolute Gasteiger partial charge is 0.344 e. The second-order valence-corrected chi connectivity index (χ2v) is 9.26. The fourth-order valence-corrected chi connectivity index (χ4v) is 4.80. The molecule has 1 heterocycles. The number of nitrogens with zero attached hydrogens (tertiary/aromatic N) is 1. The summed E-state index contributed by atoms with van der Waals surface area (Å²) in [6.07, 6.45) is 1.75. The second-order valence-electron chi connectivity index (χ2n) is 7.38. The predicted molar refractivity (Wildman–Crippen MR) is 140 cm³/mol. The number of benzene rings is 3. The van der Waals surface area contributed by atoms with Crippen molar-refractivity contribution >= 4 is 50.5 Å². The average molecular weight is 554 g/mol. The maximum absolute atomic E-state index is 13.9. The Balaban J connectivity index is 1.59. The van der Waals surface area contributed by atoms with Crippen LogP contribution in [-0.2, 0) is 16.1 Å². The first-order valence-electron chi connectivity index (χ1n) is 10.8. The van der Waals surface area contributed by atoms with Crippen molar-refractivity contribution < 1.29 is 23.8 Å². The Morgan fingerprint density at radius 3 is 2.57 bits per heavy atom. The van der Waals surface area contributed by atoms with Gasteiger partial charge in [0.15, 0.2) is 0 Å². The molecule has 1 aliphatic rings. The topological polar surface area (TPSA) is 68.1 Å². The van der Waals surface area contributed by atoms with Crippen LogP contribution >= 0.6 is 27.7 Å². The molecule has 0 fully saturated rings. The third-order valence-corrected chi connectivity index (χ3v) is 6.59. The highest BCUT2D eigenvalue weighted by atomic mass is 79.9. The van der Waals surface area contributed by atoms with Gasteiger partial charge in [-0.3, -0.25) is 0 Å². The number of hydrogen-bond acceptors (Lipinski definition) is 6. The highest BCUT2D eigenvalue weighted by Gasteiger charge is 2.33. The molecule has 8 heteroatoms. The van der Waals surface area contributed by atoms with E-state index in [4.69, 9.17) is 9.47 Å². The average Bonchev–Trinajstić information content (AvgIpc) is 3.14. The molecule has 1 aliphatic heterocycles. The van der Waals surface area contributed by atoms with Gasteiger partial charge < -0.3 is 14.6 Å². The summed E-state index contributed by atoms with van der Waals surface area (Å²) in [5.74, 6) is -0.587. The van der Waals surface area contributed by atoms with Gasteiger partial charge in [-0.15, -0.1) is 0 Å². The van der Waals surface area contributed by atoms with Gasteiger partial charge in [-0.2, -0.15) is 0 Å². The van der Waals surface area contributed by atoms with E-state index in [1.807, 2.05) is 36.4 Å². The molecule has 0 aromatic heterocycles. The number of hydrogen-bond donors (Lipinski definition) is 1. The van der Waals surface area contributed by atoms with Crippen molar-refractivity contribution in [1.82, 2.24) is 0 Å². The summed E-state index contributed by atoms with van der Waals surface area (Å²) in [6, 6.07) is 21.0. The van der Waals surface area contributed by atoms with Gasteiger partial charge in [0, 0.05) is 5.56 Å². The van der Waals surface area contributed by atoms with Crippen molar-refractivity contribution in [3.05, 3.63) is 110 Å². The molecule has 0 spiro atoms. The Bertz CT molecular complexity index is 1340. The minimum Gasteiger partial charge on any atom is -0.506 e. The molecule has 3 aromatic carbocycles. The van der Waals surface area contributed by atoms with Gasteiger partial charge >= 0.3 is 5.97 Å². The zero-order valence-corrected chi connectivity index (χ0v) is 21.1. The Kier molecular flexibility index (Phi) is 8.05. The van der Waals surface area contributed by atoms with Crippen LogP contribution in [0.3, 0.4) is 0 Å². The fourth-order valence-electron chi connectivity index (χ4n) is 3.26. The lowest BCUT2D eigenvalue weighted by Crippen LogP contribution is -2.12. The first-order valence-corrected chi connectivity index (χ1v) is 12.4. The number of carbonyl (C=O) groups is 1. The molecular weight excluding hydrogens is 533 g/mol. The molecule has 0 aliphatic carbocycles. The zero-order valence-electron chi connectivity index (χ0n) is 18.7. The van der Waals surface area contributed by atoms with Crippen molar-refractivity contribution in [2.24, 2.45) is 4.99 Å². The number of ether oxygens (including phenoxy) is 2. The molecule has 4 rings (SSSR count). The summed E-state index contributed by atoms with van der Waals surface area (Å²) in [5, 5.41) is 11.2. The molecule has 0 saturated carbocycles. The van der Waals surface area contributed by atoms with E-state index in [1.165, 1.54) is 17.8 Å². The van der Waals surface area contributed by atoms with Gasteiger partial charge in [-0.25, -0.2) is 14.2 Å². The van der Waals surface area contributed by atoms with E-state index in [2.05, 4.69) is 20.9 Å². The number of aliphatic imine (C=N–C) groups is 1. The van der Waals surface area contributed by atoms with E-state index in [-0.39, 0.29) is 30.4 Å². The highest BCUT2D eigenvalue weighted by Crippen LogP contribution is 2.40. The second kappa shape index (κ2) is 11.4. The number of thioether (sulfide) groups is 1. The van der Waals surface area contributed by atoms with Crippen LogP contribution in [0.4, 0.5) is 10.1 Å². The molecule has 178 valence electrons. The van der Waals surface area contributed by atoms with Crippen molar-refractivity contribution in [3.8, 4) is 5.75 Å². The van der Waals surface area contributed by atoms with Crippen molar-refractivity contribution in [2.75, 3.05) is 6.61 Å². The molecule has 0 bridgehead atoms. The predicted octanol–water partition coefficient (Wildman–Crippen LogP) is 7.36. The van der Waals surface area contributed by atoms with Gasteiger partial charge in [0.2, 0.25) is 0 Å². The summed E-state index contributed by atoms with van der Waals surface area (Å²) < 4.78 is 25.4. The zero-order chi connectivity index (χ0) is 24.8. The largest absolute Gasteiger partial charge is 0.506 e.